The van der Waals surface area contributed by atoms with Crippen molar-refractivity contribution in [1.82, 2.24) is 19.9 Å². The van der Waals surface area contributed by atoms with Gasteiger partial charge in [-0.05, 0) is 26.0 Å². The van der Waals surface area contributed by atoms with Gasteiger partial charge in [-0.1, -0.05) is 6.07 Å². The van der Waals surface area contributed by atoms with Crippen molar-refractivity contribution in [3.8, 4) is 0 Å². The van der Waals surface area contributed by atoms with Gasteiger partial charge in [0.25, 0.3) is 0 Å². The van der Waals surface area contributed by atoms with Crippen LogP contribution in [0.3, 0.4) is 0 Å². The second kappa shape index (κ2) is 4.59. The van der Waals surface area contributed by atoms with Crippen LogP contribution in [-0.4, -0.2) is 27.2 Å². The van der Waals surface area contributed by atoms with E-state index < -0.39 is 0 Å². The van der Waals surface area contributed by atoms with Crippen molar-refractivity contribution in [2.45, 2.75) is 25.9 Å². The van der Waals surface area contributed by atoms with Crippen molar-refractivity contribution in [1.29, 1.82) is 0 Å². The number of fused-ring (bicyclic) bond motifs is 1. The summed E-state index contributed by atoms with van der Waals surface area (Å²) in [4.78, 5) is 0. The zero-order valence-electron chi connectivity index (χ0n) is 9.59. The minimum atomic E-state index is 0.135. The monoisotopic (exact) mass is 219 g/mol. The average Bonchev–Trinajstić information content (AvgIpc) is 2.72. The van der Waals surface area contributed by atoms with Crippen LogP contribution >= 0.6 is 0 Å². The molecule has 86 valence electrons. The van der Waals surface area contributed by atoms with E-state index in [0.717, 1.165) is 11.5 Å². The van der Waals surface area contributed by atoms with Crippen molar-refractivity contribution in [2.24, 2.45) is 5.73 Å². The maximum atomic E-state index is 5.58. The molecular weight excluding hydrogens is 202 g/mol. The summed E-state index contributed by atoms with van der Waals surface area (Å²) in [5.41, 5.74) is 6.45. The van der Waals surface area contributed by atoms with Gasteiger partial charge in [0.1, 0.15) is 0 Å². The fourth-order valence-electron chi connectivity index (χ4n) is 1.72. The molecule has 0 saturated heterocycles. The SMILES string of the molecule is CC(CN)NC(C)c1nnc2ccccn12. The van der Waals surface area contributed by atoms with Gasteiger partial charge in [-0.3, -0.25) is 4.40 Å². The number of pyridine rings is 1. The molecule has 2 aromatic rings. The Morgan fingerprint density at radius 2 is 2.19 bits per heavy atom. The van der Waals surface area contributed by atoms with E-state index in [1.165, 1.54) is 0 Å². The van der Waals surface area contributed by atoms with E-state index in [4.69, 9.17) is 5.73 Å². The van der Waals surface area contributed by atoms with Crippen LogP contribution in [0.15, 0.2) is 24.4 Å². The Morgan fingerprint density at radius 3 is 2.94 bits per heavy atom. The molecule has 0 spiro atoms. The predicted molar refractivity (Wildman–Crippen MR) is 63.1 cm³/mol. The van der Waals surface area contributed by atoms with Gasteiger partial charge in [0, 0.05) is 18.8 Å². The summed E-state index contributed by atoms with van der Waals surface area (Å²) < 4.78 is 1.99. The molecule has 5 nitrogen and oxygen atoms in total. The van der Waals surface area contributed by atoms with Crippen molar-refractivity contribution in [3.05, 3.63) is 30.2 Å². The minimum absolute atomic E-state index is 0.135. The molecule has 0 bridgehead atoms. The molecule has 0 aliphatic carbocycles. The minimum Gasteiger partial charge on any atom is -0.329 e. The van der Waals surface area contributed by atoms with E-state index in [2.05, 4.69) is 29.4 Å². The second-order valence-corrected chi connectivity index (χ2v) is 4.01. The zero-order chi connectivity index (χ0) is 11.5. The summed E-state index contributed by atoms with van der Waals surface area (Å²) in [6.07, 6.45) is 1.97. The van der Waals surface area contributed by atoms with Crippen molar-refractivity contribution >= 4 is 5.65 Å². The highest BCUT2D eigenvalue weighted by Crippen LogP contribution is 2.11. The fourth-order valence-corrected chi connectivity index (χ4v) is 1.72. The first-order valence-corrected chi connectivity index (χ1v) is 5.48. The van der Waals surface area contributed by atoms with Gasteiger partial charge in [0.2, 0.25) is 0 Å². The third-order valence-electron chi connectivity index (χ3n) is 2.62. The first-order valence-electron chi connectivity index (χ1n) is 5.48. The molecule has 0 fully saturated rings. The molecule has 0 radical (unpaired) electrons. The number of rotatable bonds is 4. The van der Waals surface area contributed by atoms with Gasteiger partial charge < -0.3 is 11.1 Å². The van der Waals surface area contributed by atoms with Gasteiger partial charge in [0.15, 0.2) is 11.5 Å². The van der Waals surface area contributed by atoms with E-state index >= 15 is 0 Å². The van der Waals surface area contributed by atoms with Crippen LogP contribution in [-0.2, 0) is 0 Å². The largest absolute Gasteiger partial charge is 0.329 e. The van der Waals surface area contributed by atoms with Crippen molar-refractivity contribution in [2.75, 3.05) is 6.54 Å². The molecule has 16 heavy (non-hydrogen) atoms. The maximum Gasteiger partial charge on any atom is 0.160 e. The van der Waals surface area contributed by atoms with Crippen molar-refractivity contribution in [3.63, 3.8) is 0 Å². The van der Waals surface area contributed by atoms with Crippen LogP contribution in [0.4, 0.5) is 0 Å². The lowest BCUT2D eigenvalue weighted by Gasteiger charge is -2.17. The lowest BCUT2D eigenvalue weighted by atomic mass is 10.2. The Balaban J connectivity index is 2.26. The molecule has 0 amide bonds. The van der Waals surface area contributed by atoms with Crippen LogP contribution in [0.25, 0.3) is 5.65 Å². The number of hydrogen-bond acceptors (Lipinski definition) is 4. The summed E-state index contributed by atoms with van der Waals surface area (Å²) in [5.74, 6) is 0.913. The maximum absolute atomic E-state index is 5.58. The van der Waals surface area contributed by atoms with Gasteiger partial charge in [-0.2, -0.15) is 0 Å². The van der Waals surface area contributed by atoms with E-state index in [1.54, 1.807) is 0 Å². The molecule has 2 aromatic heterocycles. The number of nitrogens with zero attached hydrogens (tertiary/aromatic N) is 3. The van der Waals surface area contributed by atoms with Crippen molar-refractivity contribution < 1.29 is 0 Å². The summed E-state index contributed by atoms with van der Waals surface area (Å²) in [6.45, 7) is 4.73. The first-order chi connectivity index (χ1) is 7.72. The third-order valence-corrected chi connectivity index (χ3v) is 2.62. The highest BCUT2D eigenvalue weighted by atomic mass is 15.3. The average molecular weight is 219 g/mol. The number of nitrogens with two attached hydrogens (primary N) is 1. The molecule has 2 atom stereocenters. The van der Waals surface area contributed by atoms with Gasteiger partial charge in [0.05, 0.1) is 6.04 Å². The van der Waals surface area contributed by atoms with Crippen LogP contribution in [0.2, 0.25) is 0 Å². The zero-order valence-corrected chi connectivity index (χ0v) is 9.59. The molecule has 2 heterocycles. The molecule has 0 aliphatic rings. The first kappa shape index (κ1) is 11.0. The summed E-state index contributed by atoms with van der Waals surface area (Å²) in [7, 11) is 0. The highest BCUT2D eigenvalue weighted by Gasteiger charge is 2.14. The molecule has 0 aliphatic heterocycles. The Bertz CT molecular complexity index is 464. The predicted octanol–water partition coefficient (Wildman–Crippen LogP) is 0.727. The highest BCUT2D eigenvalue weighted by molar-refractivity contribution is 5.37. The quantitative estimate of drug-likeness (QED) is 0.795. The molecule has 3 N–H and O–H groups in total. The van der Waals surface area contributed by atoms with Gasteiger partial charge >= 0.3 is 0 Å². The number of aromatic nitrogens is 3. The fraction of sp³-hybridized carbons (Fsp3) is 0.455. The van der Waals surface area contributed by atoms with Gasteiger partial charge in [-0.25, -0.2) is 0 Å². The van der Waals surface area contributed by atoms with Crippen LogP contribution in [0, 0.1) is 0 Å². The van der Waals surface area contributed by atoms with Gasteiger partial charge in [-0.15, -0.1) is 10.2 Å². The van der Waals surface area contributed by atoms with Crippen LogP contribution in [0.1, 0.15) is 25.7 Å². The third kappa shape index (κ3) is 2.05. The van der Waals surface area contributed by atoms with Crippen LogP contribution < -0.4 is 11.1 Å². The number of hydrogen-bond donors (Lipinski definition) is 2. The summed E-state index contributed by atoms with van der Waals surface area (Å²) in [5, 5.41) is 11.7. The lowest BCUT2D eigenvalue weighted by molar-refractivity contribution is 0.466. The molecule has 5 heteroatoms. The van der Waals surface area contributed by atoms with E-state index in [9.17, 15) is 0 Å². The second-order valence-electron chi connectivity index (χ2n) is 4.01. The topological polar surface area (TPSA) is 68.2 Å². The molecule has 0 aromatic carbocycles. The molecule has 2 unspecified atom stereocenters. The standard InChI is InChI=1S/C11H17N5/c1-8(7-12)13-9(2)11-15-14-10-5-3-4-6-16(10)11/h3-6,8-9,13H,7,12H2,1-2H3. The normalized spacial score (nSPS) is 15.2. The smallest absolute Gasteiger partial charge is 0.160 e. The Labute approximate surface area is 94.7 Å². The van der Waals surface area contributed by atoms with Crippen LogP contribution in [0.5, 0.6) is 0 Å². The molecular formula is C11H17N5. The lowest BCUT2D eigenvalue weighted by Crippen LogP contribution is -2.35. The Hall–Kier alpha value is -1.46. The summed E-state index contributed by atoms with van der Waals surface area (Å²) >= 11 is 0. The van der Waals surface area contributed by atoms with E-state index in [-0.39, 0.29) is 12.1 Å². The Morgan fingerprint density at radius 1 is 1.38 bits per heavy atom. The summed E-state index contributed by atoms with van der Waals surface area (Å²) in [6, 6.07) is 6.27. The molecule has 2 rings (SSSR count). The molecule has 0 saturated carbocycles. The van der Waals surface area contributed by atoms with E-state index in [0.29, 0.717) is 6.54 Å². The number of nitrogens with one attached hydrogen (secondary N) is 1. The van der Waals surface area contributed by atoms with E-state index in [1.807, 2.05) is 28.8 Å². The Kier molecular flexibility index (Phi) is 3.17.